The Labute approximate surface area is 366 Å². The van der Waals surface area contributed by atoms with Gasteiger partial charge in [0.15, 0.2) is 12.4 Å². The van der Waals surface area contributed by atoms with Gasteiger partial charge < -0.3 is 33.3 Å². The van der Waals surface area contributed by atoms with Crippen molar-refractivity contribution in [2.24, 2.45) is 0 Å². The summed E-state index contributed by atoms with van der Waals surface area (Å²) >= 11 is 0. The third-order valence-electron chi connectivity index (χ3n) is 9.38. The molecule has 0 aromatic heterocycles. The van der Waals surface area contributed by atoms with E-state index in [9.17, 15) is 19.5 Å². The molecule has 0 saturated carbocycles. The number of carbonyl (C=O) groups is 3. The second kappa shape index (κ2) is 42.2. The van der Waals surface area contributed by atoms with Crippen LogP contribution < -0.4 is 5.11 Å². The molecule has 0 aromatic carbocycles. The Balaban J connectivity index is 4.54. The monoisotopic (exact) mass is 840 g/mol. The molecular weight excluding hydrogens is 755 g/mol. The van der Waals surface area contributed by atoms with Crippen LogP contribution in [0.5, 0.6) is 0 Å². The van der Waals surface area contributed by atoms with Gasteiger partial charge in [-0.2, -0.15) is 0 Å². The normalized spacial score (nSPS) is 13.7. The summed E-state index contributed by atoms with van der Waals surface area (Å²) in [7, 11) is 5.88. The molecule has 0 aliphatic rings. The Morgan fingerprint density at radius 1 is 0.517 bits per heavy atom. The molecule has 342 valence electrons. The maximum Gasteiger partial charge on any atom is 0.306 e. The number of ether oxygens (including phenoxy) is 4. The van der Waals surface area contributed by atoms with E-state index in [1.165, 1.54) is 51.4 Å². The smallest absolute Gasteiger partial charge is 0.306 e. The number of rotatable bonds is 41. The second-order valence-electron chi connectivity index (χ2n) is 16.3. The Kier molecular flexibility index (Phi) is 39.7. The van der Waals surface area contributed by atoms with Crippen molar-refractivity contribution in [3.8, 4) is 0 Å². The lowest BCUT2D eigenvalue weighted by atomic mass is 10.1. The van der Waals surface area contributed by atoms with Gasteiger partial charge in [0, 0.05) is 12.8 Å². The Bertz CT molecular complexity index is 1260. The standard InChI is InChI=1S/C51H85NO8/c1-6-8-10-12-14-16-18-20-22-24-26-27-29-31-33-35-37-39-41-48(53)58-45-47(46-59-51(50(55)56)57-44-43-52(3,4)5)60-49(54)42-40-38-36-34-32-30-28-25-23-21-19-17-15-13-11-9-7-2/h9,11,15-18,21-24,28,30,34,36,47,51H,6-8,10,12-14,19-20,25-27,29,31-33,35,37-46H2,1-5H3/b11-9-,17-15-,18-16-,23-21-,24-22-,30-28-,36-34-. The number of hydrogen-bond donors (Lipinski definition) is 0. The van der Waals surface area contributed by atoms with Crippen LogP contribution in [0.15, 0.2) is 85.1 Å². The molecular formula is C51H85NO8. The van der Waals surface area contributed by atoms with Crippen molar-refractivity contribution in [1.82, 2.24) is 0 Å². The van der Waals surface area contributed by atoms with Crippen LogP contribution >= 0.6 is 0 Å². The fourth-order valence-corrected chi connectivity index (χ4v) is 5.78. The molecule has 0 aliphatic heterocycles. The minimum Gasteiger partial charge on any atom is -0.545 e. The summed E-state index contributed by atoms with van der Waals surface area (Å²) in [4.78, 5) is 37.0. The number of aliphatic carboxylic acids is 1. The number of allylic oxidation sites excluding steroid dienone is 14. The van der Waals surface area contributed by atoms with Crippen molar-refractivity contribution in [2.75, 3.05) is 47.5 Å². The number of likely N-dealkylation sites (N-methyl/N-ethyl adjacent to an activating group) is 1. The maximum atomic E-state index is 12.7. The SMILES string of the molecule is CC/C=C\C/C=C\C/C=C\C/C=C\C/C=C\CCCC(=O)OC(COC(=O)CCCCCCCCC/C=C\C/C=C\CCCCCC)COC(OCC[N+](C)(C)C)C(=O)[O-]. The van der Waals surface area contributed by atoms with Gasteiger partial charge in [0.2, 0.25) is 0 Å². The Morgan fingerprint density at radius 3 is 1.47 bits per heavy atom. The molecule has 0 aromatic rings. The first-order valence-electron chi connectivity index (χ1n) is 23.2. The average molecular weight is 840 g/mol. The van der Waals surface area contributed by atoms with Crippen molar-refractivity contribution in [3.05, 3.63) is 85.1 Å². The fourth-order valence-electron chi connectivity index (χ4n) is 5.78. The topological polar surface area (TPSA) is 111 Å². The molecule has 0 fully saturated rings. The predicted octanol–water partition coefficient (Wildman–Crippen LogP) is 11.2. The molecule has 0 bridgehead atoms. The lowest BCUT2D eigenvalue weighted by molar-refractivity contribution is -0.870. The molecule has 0 N–H and O–H groups in total. The summed E-state index contributed by atoms with van der Waals surface area (Å²) < 4.78 is 22.5. The first kappa shape index (κ1) is 56.5. The van der Waals surface area contributed by atoms with Crippen LogP contribution in [-0.4, -0.2) is 82.3 Å². The fraction of sp³-hybridized carbons (Fsp3) is 0.667. The number of carboxylic acid groups (broad SMARTS) is 1. The highest BCUT2D eigenvalue weighted by molar-refractivity contribution is 5.70. The highest BCUT2D eigenvalue weighted by Crippen LogP contribution is 2.12. The number of hydrogen-bond acceptors (Lipinski definition) is 8. The molecule has 0 saturated heterocycles. The molecule has 2 unspecified atom stereocenters. The second-order valence-corrected chi connectivity index (χ2v) is 16.3. The summed E-state index contributed by atoms with van der Waals surface area (Å²) in [5.41, 5.74) is 0. The van der Waals surface area contributed by atoms with Crippen LogP contribution in [-0.2, 0) is 33.3 Å². The van der Waals surface area contributed by atoms with Crippen molar-refractivity contribution >= 4 is 17.9 Å². The van der Waals surface area contributed by atoms with Crippen molar-refractivity contribution < 1.29 is 42.9 Å². The molecule has 9 nitrogen and oxygen atoms in total. The van der Waals surface area contributed by atoms with E-state index < -0.39 is 24.3 Å². The van der Waals surface area contributed by atoms with Gasteiger partial charge in [0.1, 0.15) is 13.2 Å². The van der Waals surface area contributed by atoms with Crippen LogP contribution in [0, 0.1) is 0 Å². The van der Waals surface area contributed by atoms with Crippen LogP contribution in [0.1, 0.15) is 162 Å². The molecule has 0 rings (SSSR count). The molecule has 2 atom stereocenters. The Morgan fingerprint density at radius 2 is 0.967 bits per heavy atom. The number of esters is 2. The Hall–Kier alpha value is -3.53. The quantitative estimate of drug-likeness (QED) is 0.0197. The van der Waals surface area contributed by atoms with Crippen LogP contribution in [0.25, 0.3) is 0 Å². The summed E-state index contributed by atoms with van der Waals surface area (Å²) in [6.07, 6.45) is 50.5. The summed E-state index contributed by atoms with van der Waals surface area (Å²) in [6, 6.07) is 0. The molecule has 0 radical (unpaired) electrons. The first-order chi connectivity index (χ1) is 29.1. The van der Waals surface area contributed by atoms with E-state index in [0.29, 0.717) is 23.9 Å². The van der Waals surface area contributed by atoms with Crippen molar-refractivity contribution in [3.63, 3.8) is 0 Å². The van der Waals surface area contributed by atoms with E-state index in [1.54, 1.807) is 0 Å². The van der Waals surface area contributed by atoms with Crippen LogP contribution in [0.4, 0.5) is 0 Å². The van der Waals surface area contributed by atoms with Crippen LogP contribution in [0.2, 0.25) is 0 Å². The highest BCUT2D eigenvalue weighted by atomic mass is 16.7. The highest BCUT2D eigenvalue weighted by Gasteiger charge is 2.21. The molecule has 0 amide bonds. The lowest BCUT2D eigenvalue weighted by Gasteiger charge is -2.26. The lowest BCUT2D eigenvalue weighted by Crippen LogP contribution is -2.44. The zero-order chi connectivity index (χ0) is 44.2. The minimum absolute atomic E-state index is 0.131. The number of carbonyl (C=O) groups excluding carboxylic acids is 3. The molecule has 60 heavy (non-hydrogen) atoms. The summed E-state index contributed by atoms with van der Waals surface area (Å²) in [5.74, 6) is -2.39. The molecule has 0 heterocycles. The van der Waals surface area contributed by atoms with Gasteiger partial charge in [-0.3, -0.25) is 9.59 Å². The van der Waals surface area contributed by atoms with Gasteiger partial charge in [0.05, 0.1) is 40.3 Å². The largest absolute Gasteiger partial charge is 0.545 e. The summed E-state index contributed by atoms with van der Waals surface area (Å²) in [6.45, 7) is 4.51. The average Bonchev–Trinajstić information content (AvgIpc) is 3.21. The van der Waals surface area contributed by atoms with E-state index in [4.69, 9.17) is 18.9 Å². The van der Waals surface area contributed by atoms with Crippen molar-refractivity contribution in [1.29, 1.82) is 0 Å². The van der Waals surface area contributed by atoms with E-state index in [1.807, 2.05) is 27.2 Å². The third kappa shape index (κ3) is 42.6. The van der Waals surface area contributed by atoms with E-state index in [2.05, 4.69) is 92.8 Å². The predicted molar refractivity (Wildman–Crippen MR) is 246 cm³/mol. The zero-order valence-corrected chi connectivity index (χ0v) is 38.5. The zero-order valence-electron chi connectivity index (χ0n) is 38.5. The number of quaternary nitrogens is 1. The first-order valence-corrected chi connectivity index (χ1v) is 23.2. The van der Waals surface area contributed by atoms with Crippen molar-refractivity contribution in [2.45, 2.75) is 174 Å². The van der Waals surface area contributed by atoms with Gasteiger partial charge in [-0.25, -0.2) is 0 Å². The van der Waals surface area contributed by atoms with E-state index >= 15 is 0 Å². The van der Waals surface area contributed by atoms with Gasteiger partial charge in [-0.1, -0.05) is 150 Å². The number of unbranched alkanes of at least 4 members (excludes halogenated alkanes) is 12. The number of nitrogens with zero attached hydrogens (tertiary/aromatic N) is 1. The molecule has 0 aliphatic carbocycles. The van der Waals surface area contributed by atoms with E-state index in [-0.39, 0.29) is 38.6 Å². The van der Waals surface area contributed by atoms with Gasteiger partial charge in [0.25, 0.3) is 0 Å². The van der Waals surface area contributed by atoms with Crippen LogP contribution in [0.3, 0.4) is 0 Å². The van der Waals surface area contributed by atoms with Gasteiger partial charge >= 0.3 is 11.9 Å². The molecule has 0 spiro atoms. The number of carboxylic acids is 1. The maximum absolute atomic E-state index is 12.7. The van der Waals surface area contributed by atoms with Gasteiger partial charge in [-0.15, -0.1) is 0 Å². The molecule has 9 heteroatoms. The van der Waals surface area contributed by atoms with Gasteiger partial charge in [-0.05, 0) is 83.5 Å². The summed E-state index contributed by atoms with van der Waals surface area (Å²) in [5, 5.41) is 11.7. The van der Waals surface area contributed by atoms with E-state index in [0.717, 1.165) is 70.6 Å². The minimum atomic E-state index is -1.64. The third-order valence-corrected chi connectivity index (χ3v) is 9.38.